The molecule has 2 atom stereocenters. The molecule has 4 heterocycles. The van der Waals surface area contributed by atoms with E-state index in [2.05, 4.69) is 0 Å². The fraction of sp³-hybridized carbons (Fsp3) is 0.214. The van der Waals surface area contributed by atoms with Gasteiger partial charge < -0.3 is 23.9 Å². The highest BCUT2D eigenvalue weighted by Crippen LogP contribution is 2.41. The molecule has 0 fully saturated rings. The van der Waals surface area contributed by atoms with Crippen LogP contribution in [0.15, 0.2) is 65.5 Å². The van der Waals surface area contributed by atoms with Gasteiger partial charge in [-0.15, -0.1) is 0 Å². The summed E-state index contributed by atoms with van der Waals surface area (Å²) >= 11 is 5.91. The summed E-state index contributed by atoms with van der Waals surface area (Å²) in [6, 6.07) is 17.4. The number of carbonyl (C=O) groups is 2. The normalized spacial score (nSPS) is 18.3. The Morgan fingerprint density at radius 3 is 2.68 bits per heavy atom. The van der Waals surface area contributed by atoms with E-state index in [1.807, 2.05) is 30.3 Å². The van der Waals surface area contributed by atoms with Gasteiger partial charge in [-0.2, -0.15) is 0 Å². The van der Waals surface area contributed by atoms with E-state index in [0.29, 0.717) is 23.0 Å². The number of cyclic esters (lactones) is 1. The van der Waals surface area contributed by atoms with E-state index in [-0.39, 0.29) is 35.5 Å². The highest BCUT2D eigenvalue weighted by atomic mass is 35.5. The van der Waals surface area contributed by atoms with Gasteiger partial charge in [0.1, 0.15) is 12.4 Å². The van der Waals surface area contributed by atoms with Gasteiger partial charge in [0.05, 0.1) is 29.0 Å². The van der Waals surface area contributed by atoms with Gasteiger partial charge in [-0.1, -0.05) is 36.7 Å². The lowest BCUT2D eigenvalue weighted by atomic mass is 9.85. The highest BCUT2D eigenvalue weighted by Gasteiger charge is 2.51. The summed E-state index contributed by atoms with van der Waals surface area (Å²) in [5, 5.41) is 11.3. The second-order valence-corrected chi connectivity index (χ2v) is 9.55. The molecule has 0 saturated heterocycles. The van der Waals surface area contributed by atoms with E-state index in [9.17, 15) is 19.5 Å². The molecule has 4 aromatic rings. The molecular formula is C28H21ClN2O7. The smallest absolute Gasteiger partial charge is 0.373 e. The quantitative estimate of drug-likeness (QED) is 0.255. The topological polar surface area (TPSA) is 117 Å². The lowest BCUT2D eigenvalue weighted by Crippen LogP contribution is -2.50. The second-order valence-electron chi connectivity index (χ2n) is 9.12. The standard InChI is InChI=1S/C28H21ClN2O7/c1-2-28(38-26(25(33)34)37-18-9-7-17(29)8-10-18)20-12-22-23-16(11-15-5-3-4-6-21(15)30-23)13-31(22)24(32)19(20)14-36-27(28)35/h3-12,26H,2,13-14H2,1H3,(H,33,34)/t26?,28-/m0/s1. The Balaban J connectivity index is 1.48. The average Bonchev–Trinajstić information content (AvgIpc) is 3.27. The van der Waals surface area contributed by atoms with Crippen molar-refractivity contribution < 1.29 is 28.9 Å². The van der Waals surface area contributed by atoms with Crippen LogP contribution in [0.3, 0.4) is 0 Å². The monoisotopic (exact) mass is 532 g/mol. The van der Waals surface area contributed by atoms with E-state index in [1.165, 1.54) is 24.3 Å². The zero-order chi connectivity index (χ0) is 26.6. The van der Waals surface area contributed by atoms with Crippen molar-refractivity contribution in [3.8, 4) is 17.1 Å². The number of esters is 1. The van der Waals surface area contributed by atoms with Gasteiger partial charge >= 0.3 is 18.2 Å². The van der Waals surface area contributed by atoms with Crippen molar-refractivity contribution in [1.82, 2.24) is 9.55 Å². The number of fused-ring (bicyclic) bond motifs is 5. The van der Waals surface area contributed by atoms with E-state index in [4.69, 9.17) is 30.8 Å². The molecule has 2 aromatic carbocycles. The molecular weight excluding hydrogens is 512 g/mol. The SMILES string of the molecule is CC[C@@]1(OC(Oc2ccc(Cl)cc2)C(=O)O)C(=O)OCc2c1cc1n(c2=O)Cc2cc3ccccc3nc2-1. The number of halogens is 1. The molecule has 0 saturated carbocycles. The first-order chi connectivity index (χ1) is 18.3. The molecule has 0 aliphatic carbocycles. The Hall–Kier alpha value is -4.21. The van der Waals surface area contributed by atoms with Crippen molar-refractivity contribution in [2.75, 3.05) is 0 Å². The van der Waals surface area contributed by atoms with Crippen molar-refractivity contribution in [3.05, 3.63) is 92.7 Å². The fourth-order valence-electron chi connectivity index (χ4n) is 5.05. The largest absolute Gasteiger partial charge is 0.477 e. The Morgan fingerprint density at radius 2 is 1.95 bits per heavy atom. The van der Waals surface area contributed by atoms with Gasteiger partial charge in [0, 0.05) is 21.5 Å². The number of aromatic nitrogens is 2. The van der Waals surface area contributed by atoms with Crippen LogP contribution in [-0.2, 0) is 37.8 Å². The summed E-state index contributed by atoms with van der Waals surface area (Å²) in [5.74, 6) is -2.08. The molecule has 0 amide bonds. The molecule has 0 radical (unpaired) electrons. The molecule has 1 unspecified atom stereocenters. The Morgan fingerprint density at radius 1 is 1.18 bits per heavy atom. The minimum atomic E-state index is -1.89. The minimum absolute atomic E-state index is 0.00646. The first kappa shape index (κ1) is 24.1. The summed E-state index contributed by atoms with van der Waals surface area (Å²) in [7, 11) is 0. The predicted octanol–water partition coefficient (Wildman–Crippen LogP) is 4.25. The molecule has 1 N–H and O–H groups in total. The van der Waals surface area contributed by atoms with Crippen molar-refractivity contribution in [1.29, 1.82) is 0 Å². The van der Waals surface area contributed by atoms with Gasteiger partial charge in [0.15, 0.2) is 5.60 Å². The number of carboxylic acid groups (broad SMARTS) is 1. The Kier molecular flexibility index (Phi) is 5.70. The first-order valence-corrected chi connectivity index (χ1v) is 12.3. The van der Waals surface area contributed by atoms with Crippen molar-refractivity contribution in [2.24, 2.45) is 0 Å². The molecule has 0 spiro atoms. The number of rotatable bonds is 6. The van der Waals surface area contributed by atoms with E-state index < -0.39 is 23.8 Å². The number of pyridine rings is 2. The number of hydrogen-bond donors (Lipinski definition) is 1. The number of carbonyl (C=O) groups excluding carboxylic acids is 1. The van der Waals surface area contributed by atoms with Gasteiger partial charge in [-0.25, -0.2) is 14.6 Å². The van der Waals surface area contributed by atoms with Gasteiger partial charge in [-0.05, 0) is 48.9 Å². The third-order valence-corrected chi connectivity index (χ3v) is 7.20. The predicted molar refractivity (Wildman–Crippen MR) is 137 cm³/mol. The maximum absolute atomic E-state index is 13.6. The van der Waals surface area contributed by atoms with Gasteiger partial charge in [0.2, 0.25) is 0 Å². The molecule has 10 heteroatoms. The molecule has 2 aliphatic heterocycles. The number of aliphatic carboxylic acids is 1. The zero-order valence-electron chi connectivity index (χ0n) is 20.1. The molecule has 38 heavy (non-hydrogen) atoms. The summed E-state index contributed by atoms with van der Waals surface area (Å²) in [4.78, 5) is 43.9. The molecule has 6 rings (SSSR count). The van der Waals surface area contributed by atoms with Crippen molar-refractivity contribution in [3.63, 3.8) is 0 Å². The summed E-state index contributed by atoms with van der Waals surface area (Å²) in [5.41, 5.74) is 1.02. The number of carboxylic acids is 1. The summed E-state index contributed by atoms with van der Waals surface area (Å²) in [6.45, 7) is 1.72. The number of para-hydroxylation sites is 1. The van der Waals surface area contributed by atoms with Crippen LogP contribution in [0.25, 0.3) is 22.3 Å². The number of nitrogens with zero attached hydrogens (tertiary/aromatic N) is 2. The van der Waals surface area contributed by atoms with Crippen LogP contribution < -0.4 is 10.3 Å². The Labute approximate surface area is 221 Å². The number of benzene rings is 2. The number of ether oxygens (including phenoxy) is 3. The van der Waals surface area contributed by atoms with E-state index in [0.717, 1.165) is 16.5 Å². The maximum Gasteiger partial charge on any atom is 0.373 e. The van der Waals surface area contributed by atoms with Crippen LogP contribution in [0, 0.1) is 0 Å². The van der Waals surface area contributed by atoms with E-state index >= 15 is 0 Å². The third-order valence-electron chi connectivity index (χ3n) is 6.95. The van der Waals surface area contributed by atoms with Gasteiger partial charge in [-0.3, -0.25) is 4.79 Å². The summed E-state index contributed by atoms with van der Waals surface area (Å²) < 4.78 is 18.5. The summed E-state index contributed by atoms with van der Waals surface area (Å²) in [6.07, 6.45) is -1.88. The minimum Gasteiger partial charge on any atom is -0.477 e. The third kappa shape index (κ3) is 3.74. The van der Waals surface area contributed by atoms with Crippen LogP contribution in [-0.4, -0.2) is 32.9 Å². The van der Waals surface area contributed by atoms with Gasteiger partial charge in [0.25, 0.3) is 5.56 Å². The van der Waals surface area contributed by atoms with Crippen LogP contribution in [0.2, 0.25) is 5.02 Å². The van der Waals surface area contributed by atoms with Crippen LogP contribution in [0.5, 0.6) is 5.75 Å². The van der Waals surface area contributed by atoms with E-state index in [1.54, 1.807) is 17.6 Å². The first-order valence-electron chi connectivity index (χ1n) is 12.0. The van der Waals surface area contributed by atoms with Crippen LogP contribution in [0.1, 0.15) is 30.0 Å². The fourth-order valence-corrected chi connectivity index (χ4v) is 5.18. The molecule has 2 aliphatic rings. The molecule has 9 nitrogen and oxygen atoms in total. The Bertz CT molecular complexity index is 1680. The van der Waals surface area contributed by atoms with Crippen molar-refractivity contribution >= 4 is 34.4 Å². The second kappa shape index (κ2) is 8.97. The zero-order valence-corrected chi connectivity index (χ0v) is 20.9. The molecule has 192 valence electrons. The maximum atomic E-state index is 13.6. The lowest BCUT2D eigenvalue weighted by molar-refractivity contribution is -0.220. The van der Waals surface area contributed by atoms with Crippen LogP contribution in [0.4, 0.5) is 0 Å². The molecule has 2 aromatic heterocycles. The lowest BCUT2D eigenvalue weighted by Gasteiger charge is -2.37. The van der Waals surface area contributed by atoms with Crippen LogP contribution >= 0.6 is 11.6 Å². The highest BCUT2D eigenvalue weighted by molar-refractivity contribution is 6.30. The number of hydrogen-bond acceptors (Lipinski definition) is 7. The molecule has 0 bridgehead atoms. The van der Waals surface area contributed by atoms with Crippen molar-refractivity contribution in [2.45, 2.75) is 38.4 Å². The average molecular weight is 533 g/mol.